The Bertz CT molecular complexity index is 2070. The van der Waals surface area contributed by atoms with Gasteiger partial charge in [-0.05, 0) is 91.9 Å². The van der Waals surface area contributed by atoms with E-state index in [0.29, 0.717) is 37.2 Å². The number of esters is 1. The first-order chi connectivity index (χ1) is 25.1. The highest BCUT2D eigenvalue weighted by Gasteiger charge is 2.40. The van der Waals surface area contributed by atoms with Crippen LogP contribution >= 0.6 is 0 Å². The summed E-state index contributed by atoms with van der Waals surface area (Å²) in [7, 11) is 1.95. The van der Waals surface area contributed by atoms with Gasteiger partial charge in [0.15, 0.2) is 0 Å². The Morgan fingerprint density at radius 2 is 1.62 bits per heavy atom. The molecule has 0 radical (unpaired) electrons. The van der Waals surface area contributed by atoms with Gasteiger partial charge in [-0.2, -0.15) is 0 Å². The number of benzene rings is 4. The van der Waals surface area contributed by atoms with Crippen LogP contribution in [-0.2, 0) is 39.9 Å². The van der Waals surface area contributed by atoms with Crippen molar-refractivity contribution in [1.82, 2.24) is 25.1 Å². The Labute approximate surface area is 303 Å². The Morgan fingerprint density at radius 1 is 0.904 bits per heavy atom. The van der Waals surface area contributed by atoms with E-state index in [0.717, 1.165) is 52.1 Å². The number of carbonyl (C=O) groups is 3. The molecule has 1 aliphatic heterocycles. The molecule has 0 unspecified atom stereocenters. The topological polar surface area (TPSA) is 141 Å². The minimum Gasteiger partial charge on any atom is -0.464 e. The number of likely N-dealkylation sites (tertiary alicyclic amines) is 1. The molecule has 0 aliphatic carbocycles. The van der Waals surface area contributed by atoms with Crippen LogP contribution in [0.25, 0.3) is 11.0 Å². The van der Waals surface area contributed by atoms with Crippen molar-refractivity contribution < 1.29 is 19.1 Å². The lowest BCUT2D eigenvalue weighted by Gasteiger charge is -2.34. The molecule has 0 saturated carbocycles. The fourth-order valence-electron chi connectivity index (χ4n) is 6.51. The fraction of sp³-hybridized carbons (Fsp3) is 0.293. The molecule has 4 N–H and O–H groups in total. The maximum atomic E-state index is 14.0. The highest BCUT2D eigenvalue weighted by atomic mass is 16.5. The molecular weight excluding hydrogens is 654 g/mol. The van der Waals surface area contributed by atoms with Gasteiger partial charge >= 0.3 is 5.97 Å². The van der Waals surface area contributed by atoms with Crippen LogP contribution in [0.3, 0.4) is 0 Å². The summed E-state index contributed by atoms with van der Waals surface area (Å²) in [5.74, 6) is -0.0151. The summed E-state index contributed by atoms with van der Waals surface area (Å²) in [5.41, 5.74) is 5.39. The summed E-state index contributed by atoms with van der Waals surface area (Å²) >= 11 is 0. The predicted octanol–water partition coefficient (Wildman–Crippen LogP) is 5.46. The quantitative estimate of drug-likeness (QED) is 0.0727. The Hall–Kier alpha value is -5.81. The van der Waals surface area contributed by atoms with Crippen molar-refractivity contribution in [1.29, 1.82) is 5.41 Å². The standard InChI is InChI=1S/C41H45N7O4/c1-28-11-7-8-12-29(28)21-24-52-37(49)27-44-41(2,40(51)48-22-9-10-23-48)32-17-20-35-34(25-32)45-36(47(35)3)26-43-33-18-15-30(16-19-33)38(42)46-39(50)31-13-5-4-6-14-31/h4-8,11-20,25,43-44H,9-10,21-24,26-27H2,1-3H3,(H2,42,46,50)/t41-/m1/s1. The lowest BCUT2D eigenvalue weighted by molar-refractivity contribution is -0.144. The Kier molecular flexibility index (Phi) is 11.1. The number of hydrogen-bond donors (Lipinski definition) is 4. The van der Waals surface area contributed by atoms with E-state index in [-0.39, 0.29) is 30.8 Å². The summed E-state index contributed by atoms with van der Waals surface area (Å²) in [6.07, 6.45) is 2.53. The third-order valence-corrected chi connectivity index (χ3v) is 9.75. The van der Waals surface area contributed by atoms with E-state index in [1.165, 1.54) is 0 Å². The first-order valence-electron chi connectivity index (χ1n) is 17.6. The number of ether oxygens (including phenoxy) is 1. The third-order valence-electron chi connectivity index (χ3n) is 9.75. The molecule has 11 nitrogen and oxygen atoms in total. The van der Waals surface area contributed by atoms with Crippen LogP contribution in [0.5, 0.6) is 0 Å². The minimum absolute atomic E-state index is 0.0197. The second kappa shape index (κ2) is 16.0. The Morgan fingerprint density at radius 3 is 2.35 bits per heavy atom. The van der Waals surface area contributed by atoms with Gasteiger partial charge < -0.3 is 24.8 Å². The van der Waals surface area contributed by atoms with Gasteiger partial charge in [-0.25, -0.2) is 4.98 Å². The summed E-state index contributed by atoms with van der Waals surface area (Å²) in [5, 5.41) is 17.6. The van der Waals surface area contributed by atoms with Gasteiger partial charge in [-0.1, -0.05) is 48.5 Å². The molecule has 6 rings (SSSR count). The molecule has 52 heavy (non-hydrogen) atoms. The zero-order valence-electron chi connectivity index (χ0n) is 29.9. The van der Waals surface area contributed by atoms with Crippen molar-refractivity contribution in [3.63, 3.8) is 0 Å². The van der Waals surface area contributed by atoms with Crippen molar-refractivity contribution in [3.8, 4) is 0 Å². The molecule has 1 saturated heterocycles. The summed E-state index contributed by atoms with van der Waals surface area (Å²) in [6.45, 7) is 5.82. The molecule has 1 fully saturated rings. The molecule has 4 aromatic carbocycles. The lowest BCUT2D eigenvalue weighted by atomic mass is 9.89. The van der Waals surface area contributed by atoms with Crippen LogP contribution in [0, 0.1) is 12.3 Å². The number of amidine groups is 1. The van der Waals surface area contributed by atoms with Gasteiger partial charge in [-0.3, -0.25) is 25.1 Å². The maximum Gasteiger partial charge on any atom is 0.319 e. The molecule has 1 aromatic heterocycles. The second-order valence-corrected chi connectivity index (χ2v) is 13.3. The predicted molar refractivity (Wildman–Crippen MR) is 202 cm³/mol. The van der Waals surface area contributed by atoms with E-state index in [1.54, 1.807) is 36.4 Å². The second-order valence-electron chi connectivity index (χ2n) is 13.3. The van der Waals surface area contributed by atoms with E-state index in [9.17, 15) is 14.4 Å². The smallest absolute Gasteiger partial charge is 0.319 e. The van der Waals surface area contributed by atoms with Crippen LogP contribution in [0.15, 0.2) is 97.1 Å². The minimum atomic E-state index is -1.17. The summed E-state index contributed by atoms with van der Waals surface area (Å²) < 4.78 is 7.57. The van der Waals surface area contributed by atoms with Crippen molar-refractivity contribution in [3.05, 3.63) is 131 Å². The molecule has 0 spiro atoms. The number of hydrogen-bond acceptors (Lipinski definition) is 8. The molecule has 0 bridgehead atoms. The zero-order chi connectivity index (χ0) is 36.7. The SMILES string of the molecule is Cc1ccccc1CCOC(=O)CN[C@@](C)(C(=O)N1CCCC1)c1ccc2c(c1)nc(CNc1ccc(C(=N)NC(=O)c3ccccc3)cc1)n2C. The molecule has 268 valence electrons. The van der Waals surface area contributed by atoms with Gasteiger partial charge in [0.25, 0.3) is 5.91 Å². The molecule has 11 heteroatoms. The van der Waals surface area contributed by atoms with Crippen molar-refractivity contribution >= 4 is 40.3 Å². The largest absolute Gasteiger partial charge is 0.464 e. The van der Waals surface area contributed by atoms with Crippen molar-refractivity contribution in [2.75, 3.05) is 31.6 Å². The average Bonchev–Trinajstić information content (AvgIpc) is 3.82. The number of fused-ring (bicyclic) bond motifs is 1. The van der Waals surface area contributed by atoms with E-state index in [1.807, 2.05) is 91.0 Å². The number of rotatable bonds is 13. The first kappa shape index (κ1) is 36.0. The van der Waals surface area contributed by atoms with Crippen LogP contribution in [-0.4, -0.2) is 64.3 Å². The molecular formula is C41H45N7O4. The van der Waals surface area contributed by atoms with E-state index < -0.39 is 11.5 Å². The number of anilines is 1. The van der Waals surface area contributed by atoms with Crippen molar-refractivity contribution in [2.45, 2.75) is 45.2 Å². The monoisotopic (exact) mass is 699 g/mol. The van der Waals surface area contributed by atoms with Gasteiger partial charge in [0.2, 0.25) is 5.91 Å². The number of aryl methyl sites for hydroxylation is 2. The number of nitrogens with zero attached hydrogens (tertiary/aromatic N) is 3. The van der Waals surface area contributed by atoms with E-state index in [2.05, 4.69) is 16.0 Å². The van der Waals surface area contributed by atoms with E-state index in [4.69, 9.17) is 15.1 Å². The Balaban J connectivity index is 1.11. The van der Waals surface area contributed by atoms with E-state index >= 15 is 0 Å². The van der Waals surface area contributed by atoms with Crippen LogP contribution in [0.2, 0.25) is 0 Å². The number of imidazole rings is 1. The average molecular weight is 700 g/mol. The highest BCUT2D eigenvalue weighted by molar-refractivity contribution is 6.11. The van der Waals surface area contributed by atoms with Crippen LogP contribution < -0.4 is 16.0 Å². The van der Waals surface area contributed by atoms with Crippen LogP contribution in [0.4, 0.5) is 5.69 Å². The molecule has 2 amide bonds. The third kappa shape index (κ3) is 8.21. The molecule has 2 heterocycles. The maximum absolute atomic E-state index is 14.0. The summed E-state index contributed by atoms with van der Waals surface area (Å²) in [6, 6.07) is 29.9. The fourth-order valence-corrected chi connectivity index (χ4v) is 6.51. The lowest BCUT2D eigenvalue weighted by Crippen LogP contribution is -2.54. The first-order valence-corrected chi connectivity index (χ1v) is 17.6. The zero-order valence-corrected chi connectivity index (χ0v) is 29.9. The highest BCUT2D eigenvalue weighted by Crippen LogP contribution is 2.29. The van der Waals surface area contributed by atoms with Gasteiger partial charge in [0.1, 0.15) is 17.2 Å². The van der Waals surface area contributed by atoms with Gasteiger partial charge in [0, 0.05) is 43.4 Å². The van der Waals surface area contributed by atoms with Crippen molar-refractivity contribution in [2.24, 2.45) is 7.05 Å². The van der Waals surface area contributed by atoms with Gasteiger partial charge in [0.05, 0.1) is 30.7 Å². The number of aromatic nitrogens is 2. The van der Waals surface area contributed by atoms with Crippen LogP contribution in [0.1, 0.15) is 58.2 Å². The molecule has 5 aromatic rings. The summed E-state index contributed by atoms with van der Waals surface area (Å²) in [4.78, 5) is 46.1. The number of nitrogens with one attached hydrogen (secondary N) is 4. The number of amides is 2. The number of carbonyl (C=O) groups excluding carboxylic acids is 3. The van der Waals surface area contributed by atoms with Gasteiger partial charge in [-0.15, -0.1) is 0 Å². The normalized spacial score (nSPS) is 13.8. The molecule has 1 atom stereocenters. The molecule has 1 aliphatic rings.